The van der Waals surface area contributed by atoms with Crippen molar-refractivity contribution in [2.45, 2.75) is 90.0 Å². The number of rotatable bonds is 7. The highest BCUT2D eigenvalue weighted by atomic mass is 32.1. The molecule has 0 N–H and O–H groups in total. The number of ether oxygens (including phenoxy) is 2. The lowest BCUT2D eigenvalue weighted by Crippen LogP contribution is -2.45. The molecule has 13 heteroatoms. The Hall–Kier alpha value is -3.66. The van der Waals surface area contributed by atoms with E-state index in [0.29, 0.717) is 37.7 Å². The molecule has 0 radical (unpaired) electrons. The number of piperidine rings is 1. The van der Waals surface area contributed by atoms with Crippen molar-refractivity contribution in [3.05, 3.63) is 47.3 Å². The largest absolute Gasteiger partial charge is 0.493 e. The second kappa shape index (κ2) is 13.0. The Morgan fingerprint density at radius 3 is 2.40 bits per heavy atom. The number of aromatic nitrogens is 1. The fourth-order valence-electron chi connectivity index (χ4n) is 5.70. The highest BCUT2D eigenvalue weighted by Gasteiger charge is 2.52. The molecule has 2 fully saturated rings. The topological polar surface area (TPSA) is 99.0 Å². The lowest BCUT2D eigenvalue weighted by atomic mass is 9.94. The second-order valence-electron chi connectivity index (χ2n) is 12.8. The summed E-state index contributed by atoms with van der Waals surface area (Å²) >= 11 is 4.67. The van der Waals surface area contributed by atoms with Crippen LogP contribution in [0.5, 0.6) is 5.75 Å². The number of thiol groups is 1. The third-order valence-electron chi connectivity index (χ3n) is 8.12. The number of hydrogen-bond donors (Lipinski definition) is 1. The third-order valence-corrected chi connectivity index (χ3v) is 8.58. The van der Waals surface area contributed by atoms with E-state index in [9.17, 15) is 22.8 Å². The van der Waals surface area contributed by atoms with Crippen LogP contribution < -0.4 is 14.5 Å². The Bertz CT molecular complexity index is 1460. The fourth-order valence-corrected chi connectivity index (χ4v) is 6.36. The van der Waals surface area contributed by atoms with Gasteiger partial charge in [0.1, 0.15) is 23.0 Å². The number of carbonyl (C=O) groups excluding carboxylic acids is 2. The summed E-state index contributed by atoms with van der Waals surface area (Å²) in [6.07, 6.45) is -0.772. The minimum atomic E-state index is -4.82. The fraction of sp³-hybridized carbons (Fsp3) is 0.562. The Morgan fingerprint density at radius 1 is 1.16 bits per heavy atom. The molecule has 0 aliphatic carbocycles. The summed E-state index contributed by atoms with van der Waals surface area (Å²) in [6, 6.07) is 7.79. The number of amides is 2. The number of nitriles is 1. The molecule has 4 rings (SSSR count). The summed E-state index contributed by atoms with van der Waals surface area (Å²) < 4.78 is 52.6. The monoisotopic (exact) mass is 647 g/mol. The molecule has 1 aromatic heterocycles. The van der Waals surface area contributed by atoms with E-state index in [1.807, 2.05) is 45.9 Å². The molecule has 2 saturated heterocycles. The minimum absolute atomic E-state index is 0.102. The number of carbonyl (C=O) groups is 2. The quantitative estimate of drug-likeness (QED) is 0.330. The molecule has 0 bridgehead atoms. The number of pyridine rings is 1. The first kappa shape index (κ1) is 34.2. The van der Waals surface area contributed by atoms with E-state index in [1.165, 1.54) is 6.07 Å². The Balaban J connectivity index is 1.44. The lowest BCUT2D eigenvalue weighted by Gasteiger charge is -2.34. The molecule has 0 spiro atoms. The number of nitrogens with zero attached hydrogens (tertiary/aromatic N) is 5. The molecule has 1 atom stereocenters. The third kappa shape index (κ3) is 7.43. The Kier molecular flexibility index (Phi) is 9.87. The maximum Gasteiger partial charge on any atom is 0.419 e. The van der Waals surface area contributed by atoms with E-state index in [-0.39, 0.29) is 11.8 Å². The van der Waals surface area contributed by atoms with Gasteiger partial charge in [0.2, 0.25) is 0 Å². The van der Waals surface area contributed by atoms with Gasteiger partial charge in [0, 0.05) is 18.8 Å². The van der Waals surface area contributed by atoms with Crippen LogP contribution in [0.25, 0.3) is 0 Å². The molecular weight excluding hydrogens is 607 g/mol. The van der Waals surface area contributed by atoms with Crippen molar-refractivity contribution in [3.8, 4) is 11.8 Å². The predicted molar refractivity (Wildman–Crippen MR) is 167 cm³/mol. The summed E-state index contributed by atoms with van der Waals surface area (Å²) in [7, 11) is 0. The van der Waals surface area contributed by atoms with Crippen molar-refractivity contribution in [1.29, 1.82) is 5.26 Å². The first-order chi connectivity index (χ1) is 21.0. The van der Waals surface area contributed by atoms with Crippen molar-refractivity contribution in [3.63, 3.8) is 0 Å². The molecule has 2 aliphatic rings. The number of hydrogen-bond acceptors (Lipinski definition) is 8. The van der Waals surface area contributed by atoms with E-state index in [0.717, 1.165) is 47.7 Å². The zero-order chi connectivity index (χ0) is 33.3. The molecule has 45 heavy (non-hydrogen) atoms. The minimum Gasteiger partial charge on any atom is -0.493 e. The highest BCUT2D eigenvalue weighted by Crippen LogP contribution is 2.43. The summed E-state index contributed by atoms with van der Waals surface area (Å²) in [4.78, 5) is 34.3. The molecule has 2 aliphatic heterocycles. The van der Waals surface area contributed by atoms with Gasteiger partial charge in [-0.2, -0.15) is 18.4 Å². The highest BCUT2D eigenvalue weighted by molar-refractivity contribution is 7.81. The normalized spacial score (nSPS) is 19.1. The summed E-state index contributed by atoms with van der Waals surface area (Å²) in [6.45, 7) is 12.7. The first-order valence-corrected chi connectivity index (χ1v) is 15.5. The standard InChI is InChI=1S/C32H40F3N5O4S/c1-7-21-16-22(8-9-26(21)43-15-12-20-10-13-38(14-11-20)29(42)44-30(2,3)4)40-28(45)39(27(41)31(40,5)6)23-17-24(32(33,34)35)25(18-36)37-19-23/h8-9,16-17,19-20,28,45H,7,10-15H2,1-6H3. The van der Waals surface area contributed by atoms with Gasteiger partial charge in [-0.1, -0.05) is 6.92 Å². The molecule has 2 amide bonds. The van der Waals surface area contributed by atoms with Gasteiger partial charge in [-0.15, -0.1) is 12.6 Å². The van der Waals surface area contributed by atoms with E-state index in [2.05, 4.69) is 17.6 Å². The van der Waals surface area contributed by atoms with Gasteiger partial charge in [0.25, 0.3) is 5.91 Å². The average Bonchev–Trinajstić information content (AvgIpc) is 3.14. The smallest absolute Gasteiger partial charge is 0.419 e. The van der Waals surface area contributed by atoms with Crippen LogP contribution in [0.15, 0.2) is 30.5 Å². The Morgan fingerprint density at radius 2 is 1.82 bits per heavy atom. The average molecular weight is 648 g/mol. The van der Waals surface area contributed by atoms with E-state index in [4.69, 9.17) is 14.7 Å². The number of aryl methyl sites for hydroxylation is 1. The maximum atomic E-state index is 13.6. The van der Waals surface area contributed by atoms with Crippen LogP contribution in [0.4, 0.5) is 29.3 Å². The maximum absolute atomic E-state index is 13.6. The second-order valence-corrected chi connectivity index (χ2v) is 13.3. The van der Waals surface area contributed by atoms with Crippen LogP contribution in [0.3, 0.4) is 0 Å². The van der Waals surface area contributed by atoms with Gasteiger partial charge in [-0.25, -0.2) is 9.78 Å². The van der Waals surface area contributed by atoms with E-state index >= 15 is 0 Å². The van der Waals surface area contributed by atoms with E-state index < -0.39 is 40.0 Å². The number of anilines is 2. The van der Waals surface area contributed by atoms with Crippen LogP contribution >= 0.6 is 12.6 Å². The van der Waals surface area contributed by atoms with Crippen LogP contribution in [0.2, 0.25) is 0 Å². The van der Waals surface area contributed by atoms with Crippen molar-refractivity contribution in [2.24, 2.45) is 5.92 Å². The zero-order valence-electron chi connectivity index (χ0n) is 26.4. The first-order valence-electron chi connectivity index (χ1n) is 15.0. The predicted octanol–water partition coefficient (Wildman–Crippen LogP) is 6.80. The molecule has 0 saturated carbocycles. The van der Waals surface area contributed by atoms with Crippen LogP contribution in [0.1, 0.15) is 77.6 Å². The lowest BCUT2D eigenvalue weighted by molar-refractivity contribution is -0.138. The van der Waals surface area contributed by atoms with Gasteiger partial charge < -0.3 is 19.3 Å². The number of likely N-dealkylation sites (tertiary alicyclic amines) is 1. The van der Waals surface area contributed by atoms with Crippen LogP contribution in [-0.2, 0) is 22.1 Å². The van der Waals surface area contributed by atoms with Gasteiger partial charge in [0.05, 0.1) is 24.1 Å². The number of benzene rings is 1. The SMILES string of the molecule is CCc1cc(N2C(S)N(c3cnc(C#N)c(C(F)(F)F)c3)C(=O)C2(C)C)ccc1OCCC1CCN(C(=O)OC(C)(C)C)CC1. The van der Waals surface area contributed by atoms with Crippen molar-refractivity contribution >= 4 is 36.0 Å². The molecule has 244 valence electrons. The van der Waals surface area contributed by atoms with Gasteiger partial charge in [-0.05, 0) is 96.0 Å². The van der Waals surface area contributed by atoms with E-state index in [1.54, 1.807) is 23.6 Å². The summed E-state index contributed by atoms with van der Waals surface area (Å²) in [5, 5.41) is 9.12. The van der Waals surface area contributed by atoms with Gasteiger partial charge in [0.15, 0.2) is 11.2 Å². The van der Waals surface area contributed by atoms with Crippen molar-refractivity contribution in [2.75, 3.05) is 29.5 Å². The molecule has 3 heterocycles. The molecule has 1 unspecified atom stereocenters. The summed E-state index contributed by atoms with van der Waals surface area (Å²) in [5.74, 6) is 0.683. The number of halogens is 3. The van der Waals surface area contributed by atoms with Gasteiger partial charge >= 0.3 is 12.3 Å². The summed E-state index contributed by atoms with van der Waals surface area (Å²) in [5.41, 5.74) is -3.12. The molecule has 2 aromatic rings. The zero-order valence-corrected chi connectivity index (χ0v) is 27.3. The molecule has 1 aromatic carbocycles. The van der Waals surface area contributed by atoms with Crippen LogP contribution in [-0.4, -0.2) is 58.2 Å². The van der Waals surface area contributed by atoms with Crippen molar-refractivity contribution < 1.29 is 32.2 Å². The molecular formula is C32H40F3N5O4S. The van der Waals surface area contributed by atoms with Crippen molar-refractivity contribution in [1.82, 2.24) is 9.88 Å². The molecule has 9 nitrogen and oxygen atoms in total. The Labute approximate surface area is 267 Å². The van der Waals surface area contributed by atoms with Gasteiger partial charge in [-0.3, -0.25) is 9.69 Å². The number of alkyl halides is 3. The van der Waals surface area contributed by atoms with Crippen LogP contribution in [0, 0.1) is 17.2 Å².